The molecule has 0 radical (unpaired) electrons. The third-order valence-corrected chi connectivity index (χ3v) is 9.52. The van der Waals surface area contributed by atoms with E-state index in [9.17, 15) is 14.4 Å². The predicted molar refractivity (Wildman–Crippen MR) is 200 cm³/mol. The Kier molecular flexibility index (Phi) is 12.0. The predicted octanol–water partition coefficient (Wildman–Crippen LogP) is 5.89. The molecular formula is C40H39BrN2O10. The van der Waals surface area contributed by atoms with Gasteiger partial charge < -0.3 is 33.2 Å². The number of amides is 3. The van der Waals surface area contributed by atoms with Crippen LogP contribution in [0.1, 0.15) is 27.0 Å². The molecule has 1 fully saturated rings. The minimum atomic E-state index is -0.870. The van der Waals surface area contributed by atoms with E-state index < -0.39 is 17.7 Å². The van der Waals surface area contributed by atoms with E-state index in [2.05, 4.69) is 20.8 Å². The SMILES string of the molecule is COc1ccc(C2=C(c3ccc(OC)c(OC)c3)C(=O)N(C(=O)c3cc(Br)c(OCc4ccccc4)cc3OCCN3CCOCC3)C2=O)cc1OC. The molecule has 0 aliphatic carbocycles. The van der Waals surface area contributed by atoms with Gasteiger partial charge in [-0.3, -0.25) is 19.3 Å². The molecule has 0 saturated carbocycles. The van der Waals surface area contributed by atoms with Gasteiger partial charge in [0.25, 0.3) is 17.7 Å². The van der Waals surface area contributed by atoms with Crippen molar-refractivity contribution in [3.05, 3.63) is 106 Å². The van der Waals surface area contributed by atoms with Gasteiger partial charge in [-0.25, -0.2) is 4.90 Å². The second kappa shape index (κ2) is 17.0. The molecule has 3 amide bonds. The van der Waals surface area contributed by atoms with Crippen LogP contribution >= 0.6 is 15.9 Å². The first-order valence-electron chi connectivity index (χ1n) is 16.8. The molecule has 4 aromatic rings. The molecule has 0 atom stereocenters. The fraction of sp³-hybridized carbons (Fsp3) is 0.275. The molecule has 1 saturated heterocycles. The van der Waals surface area contributed by atoms with Crippen molar-refractivity contribution < 1.29 is 47.5 Å². The minimum Gasteiger partial charge on any atom is -0.493 e. The summed E-state index contributed by atoms with van der Waals surface area (Å²) in [5.74, 6) is -0.428. The molecule has 2 heterocycles. The maximum Gasteiger partial charge on any atom is 0.271 e. The lowest BCUT2D eigenvalue weighted by molar-refractivity contribution is -0.132. The number of rotatable bonds is 14. The average molecular weight is 788 g/mol. The highest BCUT2D eigenvalue weighted by Gasteiger charge is 2.45. The Morgan fingerprint density at radius 1 is 0.679 bits per heavy atom. The summed E-state index contributed by atoms with van der Waals surface area (Å²) < 4.78 is 40.1. The number of carbonyl (C=O) groups excluding carboxylic acids is 3. The Morgan fingerprint density at radius 3 is 1.79 bits per heavy atom. The number of benzene rings is 4. The summed E-state index contributed by atoms with van der Waals surface area (Å²) in [5.41, 5.74) is 1.61. The van der Waals surface area contributed by atoms with E-state index in [0.717, 1.165) is 18.7 Å². The van der Waals surface area contributed by atoms with Gasteiger partial charge >= 0.3 is 0 Å². The standard InChI is InChI=1S/C40H39BrN2O10/c1-47-30-12-10-26(20-34(30)49-3)36-37(27-11-13-31(48-2)35(21-27)50-4)40(46)43(39(36)45)38(44)28-22-29(41)33(53-24-25-8-6-5-7-9-25)23-32(28)52-19-16-42-14-17-51-18-15-42/h5-13,20-23H,14-19,24H2,1-4H3. The summed E-state index contributed by atoms with van der Waals surface area (Å²) in [6, 6.07) is 22.4. The summed E-state index contributed by atoms with van der Waals surface area (Å²) in [4.78, 5) is 46.4. The van der Waals surface area contributed by atoms with Gasteiger partial charge in [0, 0.05) is 25.7 Å². The summed E-state index contributed by atoms with van der Waals surface area (Å²) in [6.45, 7) is 3.81. The number of ether oxygens (including phenoxy) is 7. The molecule has 0 aromatic heterocycles. The average Bonchev–Trinajstić information content (AvgIpc) is 3.46. The number of methoxy groups -OCH3 is 4. The van der Waals surface area contributed by atoms with Crippen LogP contribution in [0, 0.1) is 0 Å². The van der Waals surface area contributed by atoms with Gasteiger partial charge in [0.2, 0.25) is 0 Å². The largest absolute Gasteiger partial charge is 0.493 e. The van der Waals surface area contributed by atoms with Crippen LogP contribution in [0.3, 0.4) is 0 Å². The topological polar surface area (TPSA) is 122 Å². The molecule has 53 heavy (non-hydrogen) atoms. The van der Waals surface area contributed by atoms with E-state index in [0.29, 0.717) is 69.0 Å². The second-order valence-corrected chi connectivity index (χ2v) is 12.9. The van der Waals surface area contributed by atoms with Crippen LogP contribution in [0.4, 0.5) is 0 Å². The van der Waals surface area contributed by atoms with Crippen molar-refractivity contribution in [2.45, 2.75) is 6.61 Å². The normalized spacial score (nSPS) is 14.7. The van der Waals surface area contributed by atoms with Crippen molar-refractivity contribution in [1.29, 1.82) is 0 Å². The lowest BCUT2D eigenvalue weighted by Crippen LogP contribution is -2.39. The highest BCUT2D eigenvalue weighted by Crippen LogP contribution is 2.43. The molecule has 0 bridgehead atoms. The summed E-state index contributed by atoms with van der Waals surface area (Å²) in [6.07, 6.45) is 0. The zero-order valence-corrected chi connectivity index (χ0v) is 31.4. The van der Waals surface area contributed by atoms with E-state index in [1.165, 1.54) is 34.5 Å². The first-order chi connectivity index (χ1) is 25.8. The van der Waals surface area contributed by atoms with Crippen LogP contribution < -0.4 is 28.4 Å². The smallest absolute Gasteiger partial charge is 0.271 e. The first-order valence-corrected chi connectivity index (χ1v) is 17.6. The van der Waals surface area contributed by atoms with E-state index >= 15 is 0 Å². The number of morpholine rings is 1. The van der Waals surface area contributed by atoms with Gasteiger partial charge in [0.15, 0.2) is 23.0 Å². The van der Waals surface area contributed by atoms with Gasteiger partial charge in [-0.15, -0.1) is 0 Å². The van der Waals surface area contributed by atoms with Gasteiger partial charge in [-0.2, -0.15) is 0 Å². The van der Waals surface area contributed by atoms with Crippen LogP contribution in [0.5, 0.6) is 34.5 Å². The van der Waals surface area contributed by atoms with Crippen LogP contribution in [-0.4, -0.2) is 95.4 Å². The Morgan fingerprint density at radius 2 is 1.25 bits per heavy atom. The maximum atomic E-state index is 14.6. The second-order valence-electron chi connectivity index (χ2n) is 12.0. The Balaban J connectivity index is 1.40. The van der Waals surface area contributed by atoms with Crippen molar-refractivity contribution in [2.24, 2.45) is 0 Å². The van der Waals surface area contributed by atoms with E-state index in [1.54, 1.807) is 42.5 Å². The lowest BCUT2D eigenvalue weighted by Gasteiger charge is -2.26. The number of hydrogen-bond donors (Lipinski definition) is 0. The summed E-state index contributed by atoms with van der Waals surface area (Å²) in [5, 5.41) is 0. The van der Waals surface area contributed by atoms with Gasteiger partial charge in [0.05, 0.1) is 62.8 Å². The van der Waals surface area contributed by atoms with Crippen LogP contribution in [0.25, 0.3) is 11.1 Å². The van der Waals surface area contributed by atoms with Crippen LogP contribution in [-0.2, 0) is 20.9 Å². The third kappa shape index (κ3) is 8.02. The number of hydrogen-bond acceptors (Lipinski definition) is 11. The Labute approximate surface area is 315 Å². The summed E-state index contributed by atoms with van der Waals surface area (Å²) in [7, 11) is 5.92. The van der Waals surface area contributed by atoms with E-state index in [4.69, 9.17) is 33.2 Å². The molecule has 2 aliphatic heterocycles. The molecule has 276 valence electrons. The molecular weight excluding hydrogens is 748 g/mol. The van der Waals surface area contributed by atoms with Gasteiger partial charge in [-0.05, 0) is 63.0 Å². The highest BCUT2D eigenvalue weighted by atomic mass is 79.9. The molecule has 13 heteroatoms. The van der Waals surface area contributed by atoms with Crippen molar-refractivity contribution in [3.63, 3.8) is 0 Å². The monoisotopic (exact) mass is 786 g/mol. The maximum absolute atomic E-state index is 14.6. The molecule has 6 rings (SSSR count). The number of carbonyl (C=O) groups is 3. The van der Waals surface area contributed by atoms with Crippen molar-refractivity contribution in [1.82, 2.24) is 9.80 Å². The summed E-state index contributed by atoms with van der Waals surface area (Å²) >= 11 is 3.54. The zero-order chi connectivity index (χ0) is 37.5. The quantitative estimate of drug-likeness (QED) is 0.142. The fourth-order valence-corrected chi connectivity index (χ4v) is 6.59. The molecule has 12 nitrogen and oxygen atoms in total. The number of nitrogens with zero attached hydrogens (tertiary/aromatic N) is 2. The van der Waals surface area contributed by atoms with Crippen molar-refractivity contribution >= 4 is 44.8 Å². The molecule has 4 aromatic carbocycles. The van der Waals surface area contributed by atoms with Gasteiger partial charge in [0.1, 0.15) is 24.7 Å². The Hall–Kier alpha value is -5.37. The lowest BCUT2D eigenvalue weighted by atomic mass is 9.95. The number of halogens is 1. The van der Waals surface area contributed by atoms with E-state index in [1.807, 2.05) is 30.3 Å². The highest BCUT2D eigenvalue weighted by molar-refractivity contribution is 9.10. The van der Waals surface area contributed by atoms with Crippen LogP contribution in [0.15, 0.2) is 83.3 Å². The van der Waals surface area contributed by atoms with Crippen molar-refractivity contribution in [2.75, 3.05) is 67.9 Å². The fourth-order valence-electron chi connectivity index (χ4n) is 6.13. The minimum absolute atomic E-state index is 0.00631. The molecule has 0 spiro atoms. The molecule has 0 unspecified atom stereocenters. The third-order valence-electron chi connectivity index (χ3n) is 8.90. The van der Waals surface area contributed by atoms with Crippen molar-refractivity contribution in [3.8, 4) is 34.5 Å². The van der Waals surface area contributed by atoms with Gasteiger partial charge in [-0.1, -0.05) is 42.5 Å². The number of imide groups is 3. The molecule has 0 N–H and O–H groups in total. The van der Waals surface area contributed by atoms with E-state index in [-0.39, 0.29) is 35.7 Å². The first kappa shape index (κ1) is 37.4. The molecule has 2 aliphatic rings. The van der Waals surface area contributed by atoms with Crippen LogP contribution in [0.2, 0.25) is 0 Å². The Bertz CT molecular complexity index is 1950. The zero-order valence-electron chi connectivity index (χ0n) is 29.8.